The second kappa shape index (κ2) is 9.58. The summed E-state index contributed by atoms with van der Waals surface area (Å²) in [6, 6.07) is 0. The van der Waals surface area contributed by atoms with Gasteiger partial charge in [0.15, 0.2) is 0 Å². The van der Waals surface area contributed by atoms with Crippen molar-refractivity contribution in [2.75, 3.05) is 20.5 Å². The molecule has 0 bridgehead atoms. The number of aliphatic hydroxyl groups excluding tert-OH is 1. The van der Waals surface area contributed by atoms with Crippen molar-refractivity contribution in [3.8, 4) is 0 Å². The van der Waals surface area contributed by atoms with Crippen LogP contribution in [0.5, 0.6) is 0 Å². The van der Waals surface area contributed by atoms with Crippen molar-refractivity contribution in [2.45, 2.75) is 33.3 Å². The monoisotopic (exact) mass is 228 g/mol. The zero-order valence-electron chi connectivity index (χ0n) is 10.8. The second-order valence-corrected chi connectivity index (χ2v) is 4.06. The minimum atomic E-state index is -0.381. The molecule has 94 valence electrons. The number of hydrogen-bond acceptors (Lipinski definition) is 3. The zero-order valence-corrected chi connectivity index (χ0v) is 10.8. The van der Waals surface area contributed by atoms with Gasteiger partial charge in [-0.1, -0.05) is 30.7 Å². The highest BCUT2D eigenvalue weighted by molar-refractivity contribution is 5.05. The Labute approximate surface area is 98.8 Å². The van der Waals surface area contributed by atoms with E-state index < -0.39 is 0 Å². The Morgan fingerprint density at radius 1 is 1.44 bits per heavy atom. The van der Waals surface area contributed by atoms with Gasteiger partial charge < -0.3 is 14.6 Å². The summed E-state index contributed by atoms with van der Waals surface area (Å²) in [5.74, 6) is 0.341. The van der Waals surface area contributed by atoms with Crippen molar-refractivity contribution in [1.82, 2.24) is 0 Å². The van der Waals surface area contributed by atoms with E-state index in [0.29, 0.717) is 25.7 Å². The van der Waals surface area contributed by atoms with Gasteiger partial charge in [-0.3, -0.25) is 0 Å². The number of ether oxygens (including phenoxy) is 2. The Hall–Kier alpha value is -0.640. The molecule has 0 radical (unpaired) electrons. The minimum absolute atomic E-state index is 0.332. The van der Waals surface area contributed by atoms with Gasteiger partial charge in [-0.05, 0) is 26.2 Å². The average Bonchev–Trinajstić information content (AvgIpc) is 2.17. The van der Waals surface area contributed by atoms with Crippen LogP contribution >= 0.6 is 0 Å². The molecule has 16 heavy (non-hydrogen) atoms. The molecule has 0 aliphatic carbocycles. The van der Waals surface area contributed by atoms with Gasteiger partial charge in [0.2, 0.25) is 0 Å². The number of aliphatic hydroxyl groups is 1. The van der Waals surface area contributed by atoms with Crippen LogP contribution in [-0.4, -0.2) is 31.7 Å². The molecular weight excluding hydrogens is 204 g/mol. The average molecular weight is 228 g/mol. The highest BCUT2D eigenvalue weighted by atomic mass is 16.7. The molecule has 0 amide bonds. The van der Waals surface area contributed by atoms with Gasteiger partial charge in [-0.25, -0.2) is 0 Å². The van der Waals surface area contributed by atoms with Gasteiger partial charge in [0.1, 0.15) is 6.79 Å². The predicted octanol–water partition coefficient (Wildman–Crippen LogP) is 2.52. The first kappa shape index (κ1) is 15.4. The Bertz CT molecular complexity index is 221. The topological polar surface area (TPSA) is 38.7 Å². The molecule has 1 N–H and O–H groups in total. The third-order valence-corrected chi connectivity index (χ3v) is 2.10. The molecule has 0 fully saturated rings. The molecule has 0 saturated heterocycles. The van der Waals surface area contributed by atoms with Gasteiger partial charge in [0.05, 0.1) is 12.7 Å². The number of allylic oxidation sites excluding steroid dienone is 1. The van der Waals surface area contributed by atoms with Gasteiger partial charge in [0, 0.05) is 7.11 Å². The summed E-state index contributed by atoms with van der Waals surface area (Å²) in [6.07, 6.45) is 6.08. The van der Waals surface area contributed by atoms with Gasteiger partial charge >= 0.3 is 0 Å². The van der Waals surface area contributed by atoms with E-state index >= 15 is 0 Å². The van der Waals surface area contributed by atoms with E-state index in [0.717, 1.165) is 0 Å². The van der Waals surface area contributed by atoms with Gasteiger partial charge in [0.25, 0.3) is 0 Å². The third kappa shape index (κ3) is 8.65. The van der Waals surface area contributed by atoms with Crippen LogP contribution in [0.25, 0.3) is 0 Å². The van der Waals surface area contributed by atoms with Crippen LogP contribution in [0.4, 0.5) is 0 Å². The summed E-state index contributed by atoms with van der Waals surface area (Å²) in [7, 11) is 1.61. The van der Waals surface area contributed by atoms with Crippen molar-refractivity contribution in [1.29, 1.82) is 0 Å². The van der Waals surface area contributed by atoms with Crippen molar-refractivity contribution >= 4 is 0 Å². The maximum atomic E-state index is 9.57. The normalized spacial score (nSPS) is 16.7. The number of methoxy groups -OCH3 is 1. The smallest absolute Gasteiger partial charge is 0.146 e. The molecule has 0 heterocycles. The third-order valence-electron chi connectivity index (χ3n) is 2.10. The van der Waals surface area contributed by atoms with Gasteiger partial charge in [-0.2, -0.15) is 0 Å². The van der Waals surface area contributed by atoms with Gasteiger partial charge in [-0.15, -0.1) is 0 Å². The standard InChI is InChI=1S/C13H24O3/c1-5-6-13(14)8-11(2)7-12(3)9-16-10-15-4/h5-7,12-14H,8-10H2,1-4H3/b6-5+,11-7-/t12-,13+/m1/s1. The van der Waals surface area contributed by atoms with Crippen molar-refractivity contribution in [2.24, 2.45) is 5.92 Å². The lowest BCUT2D eigenvalue weighted by Gasteiger charge is -2.10. The lowest BCUT2D eigenvalue weighted by Crippen LogP contribution is -2.07. The van der Waals surface area contributed by atoms with Crippen molar-refractivity contribution < 1.29 is 14.6 Å². The van der Waals surface area contributed by atoms with E-state index in [2.05, 4.69) is 13.0 Å². The van der Waals surface area contributed by atoms with Crippen molar-refractivity contribution in [3.05, 3.63) is 23.8 Å². The first-order valence-electron chi connectivity index (χ1n) is 5.65. The SMILES string of the molecule is C/C=C/[C@H](O)C/C(C)=C\[C@@H](C)COCOC. The molecule has 0 unspecified atom stereocenters. The van der Waals surface area contributed by atoms with Crippen LogP contribution in [0.2, 0.25) is 0 Å². The Morgan fingerprint density at radius 3 is 2.69 bits per heavy atom. The van der Waals surface area contributed by atoms with Crippen LogP contribution in [0, 0.1) is 5.92 Å². The van der Waals surface area contributed by atoms with Crippen LogP contribution in [0.3, 0.4) is 0 Å². The fraction of sp³-hybridized carbons (Fsp3) is 0.692. The van der Waals surface area contributed by atoms with Crippen LogP contribution in [0.15, 0.2) is 23.8 Å². The minimum Gasteiger partial charge on any atom is -0.389 e. The Balaban J connectivity index is 3.90. The summed E-state index contributed by atoms with van der Waals surface area (Å²) in [6.45, 7) is 6.99. The highest BCUT2D eigenvalue weighted by Gasteiger charge is 2.03. The number of rotatable bonds is 8. The maximum absolute atomic E-state index is 9.57. The molecule has 0 aromatic heterocycles. The van der Waals surface area contributed by atoms with E-state index in [1.165, 1.54) is 5.57 Å². The van der Waals surface area contributed by atoms with Crippen LogP contribution in [-0.2, 0) is 9.47 Å². The van der Waals surface area contributed by atoms with Crippen molar-refractivity contribution in [3.63, 3.8) is 0 Å². The fourth-order valence-corrected chi connectivity index (χ4v) is 1.54. The Morgan fingerprint density at radius 2 is 2.12 bits per heavy atom. The molecule has 2 atom stereocenters. The Kier molecular flexibility index (Phi) is 9.19. The largest absolute Gasteiger partial charge is 0.389 e. The molecule has 0 spiro atoms. The first-order chi connectivity index (χ1) is 7.60. The summed E-state index contributed by atoms with van der Waals surface area (Å²) in [4.78, 5) is 0. The van der Waals surface area contributed by atoms with E-state index in [9.17, 15) is 5.11 Å². The fourth-order valence-electron chi connectivity index (χ4n) is 1.54. The summed E-state index contributed by atoms with van der Waals surface area (Å²) < 4.78 is 10.1. The van der Waals surface area contributed by atoms with E-state index in [4.69, 9.17) is 9.47 Å². The summed E-state index contributed by atoms with van der Waals surface area (Å²) in [5.41, 5.74) is 1.18. The molecule has 3 heteroatoms. The summed E-state index contributed by atoms with van der Waals surface area (Å²) in [5, 5.41) is 9.57. The summed E-state index contributed by atoms with van der Waals surface area (Å²) >= 11 is 0. The first-order valence-corrected chi connectivity index (χ1v) is 5.65. The molecule has 3 nitrogen and oxygen atoms in total. The van der Waals surface area contributed by atoms with E-state index in [-0.39, 0.29) is 6.10 Å². The second-order valence-electron chi connectivity index (χ2n) is 4.06. The number of hydrogen-bond donors (Lipinski definition) is 1. The molecule has 0 aliphatic heterocycles. The molecule has 0 rings (SSSR count). The molecule has 0 saturated carbocycles. The molecule has 0 aromatic rings. The predicted molar refractivity (Wildman–Crippen MR) is 66.2 cm³/mol. The van der Waals surface area contributed by atoms with E-state index in [1.54, 1.807) is 13.2 Å². The van der Waals surface area contributed by atoms with E-state index in [1.807, 2.05) is 19.9 Å². The van der Waals surface area contributed by atoms with Crippen LogP contribution in [0.1, 0.15) is 27.2 Å². The maximum Gasteiger partial charge on any atom is 0.146 e. The lowest BCUT2D eigenvalue weighted by molar-refractivity contribution is -0.0372. The molecule has 0 aromatic carbocycles. The highest BCUT2D eigenvalue weighted by Crippen LogP contribution is 2.10. The van der Waals surface area contributed by atoms with Crippen LogP contribution < -0.4 is 0 Å². The quantitative estimate of drug-likeness (QED) is 0.394. The zero-order chi connectivity index (χ0) is 12.4. The lowest BCUT2D eigenvalue weighted by atomic mass is 10.0. The molecule has 0 aliphatic rings. The molecular formula is C13H24O3.